The van der Waals surface area contributed by atoms with Crippen LogP contribution in [0.4, 0.5) is 0 Å². The maximum atomic E-state index is 11.8. The van der Waals surface area contributed by atoms with Crippen LogP contribution in [0.2, 0.25) is 0 Å². The summed E-state index contributed by atoms with van der Waals surface area (Å²) in [6, 6.07) is 5.80. The first-order valence-electron chi connectivity index (χ1n) is 5.04. The van der Waals surface area contributed by atoms with Crippen LogP contribution in [0, 0.1) is 12.3 Å². The third-order valence-corrected chi connectivity index (χ3v) is 4.45. The number of terminal acetylenes is 1. The van der Waals surface area contributed by atoms with E-state index in [2.05, 4.69) is 19.8 Å². The van der Waals surface area contributed by atoms with Crippen molar-refractivity contribution in [1.82, 2.24) is 0 Å². The molecule has 78 valence electrons. The molecular weight excluding hydrogens is 204 g/mol. The molecule has 1 aliphatic rings. The highest BCUT2D eigenvalue weighted by Crippen LogP contribution is 2.36. The molecule has 2 heteroatoms. The Balaban J connectivity index is 2.65. The van der Waals surface area contributed by atoms with E-state index in [9.17, 15) is 4.21 Å². The van der Waals surface area contributed by atoms with Crippen LogP contribution in [0.3, 0.4) is 0 Å². The van der Waals surface area contributed by atoms with E-state index in [1.54, 1.807) is 0 Å². The molecule has 0 aliphatic carbocycles. The normalized spacial score (nSPS) is 22.9. The van der Waals surface area contributed by atoms with Gasteiger partial charge in [0.2, 0.25) is 0 Å². The van der Waals surface area contributed by atoms with Gasteiger partial charge in [-0.05, 0) is 35.6 Å². The van der Waals surface area contributed by atoms with Gasteiger partial charge in [0.1, 0.15) is 0 Å². The van der Waals surface area contributed by atoms with Crippen molar-refractivity contribution in [3.05, 3.63) is 29.3 Å². The van der Waals surface area contributed by atoms with Gasteiger partial charge in [-0.15, -0.1) is 6.42 Å². The Morgan fingerprint density at radius 2 is 2.20 bits per heavy atom. The summed E-state index contributed by atoms with van der Waals surface area (Å²) in [5.41, 5.74) is 2.12. The Morgan fingerprint density at radius 3 is 2.87 bits per heavy atom. The Kier molecular flexibility index (Phi) is 2.44. The van der Waals surface area contributed by atoms with Crippen molar-refractivity contribution in [2.75, 3.05) is 5.75 Å². The van der Waals surface area contributed by atoms with Crippen molar-refractivity contribution in [1.29, 1.82) is 0 Å². The zero-order valence-electron chi connectivity index (χ0n) is 9.04. The molecule has 1 aliphatic heterocycles. The van der Waals surface area contributed by atoms with Gasteiger partial charge in [0.15, 0.2) is 0 Å². The topological polar surface area (TPSA) is 17.1 Å². The Bertz CT molecular complexity index is 466. The zero-order valence-corrected chi connectivity index (χ0v) is 9.86. The first kappa shape index (κ1) is 10.4. The molecule has 1 aromatic rings. The van der Waals surface area contributed by atoms with E-state index in [-0.39, 0.29) is 5.41 Å². The lowest BCUT2D eigenvalue weighted by atomic mass is 9.81. The van der Waals surface area contributed by atoms with E-state index in [0.717, 1.165) is 28.2 Å². The SMILES string of the molecule is C#Cc1ccc2c(c1)C(C)(C)CCS2=O. The minimum absolute atomic E-state index is 0.0934. The molecule has 0 radical (unpaired) electrons. The average Bonchev–Trinajstić information content (AvgIpc) is 2.24. The van der Waals surface area contributed by atoms with Crippen molar-refractivity contribution in [3.63, 3.8) is 0 Å². The summed E-state index contributed by atoms with van der Waals surface area (Å²) < 4.78 is 11.8. The Morgan fingerprint density at radius 1 is 1.47 bits per heavy atom. The molecule has 15 heavy (non-hydrogen) atoms. The monoisotopic (exact) mass is 218 g/mol. The summed E-state index contributed by atoms with van der Waals surface area (Å²) in [6.45, 7) is 4.37. The molecule has 0 N–H and O–H groups in total. The smallest absolute Gasteiger partial charge is 0.0532 e. The van der Waals surface area contributed by atoms with E-state index in [1.807, 2.05) is 18.2 Å². The first-order valence-corrected chi connectivity index (χ1v) is 6.36. The molecule has 0 saturated carbocycles. The van der Waals surface area contributed by atoms with E-state index < -0.39 is 10.8 Å². The summed E-state index contributed by atoms with van der Waals surface area (Å²) in [5.74, 6) is 3.39. The van der Waals surface area contributed by atoms with Crippen LogP contribution in [0.5, 0.6) is 0 Å². The second-order valence-corrected chi connectivity index (χ2v) is 6.08. The molecule has 1 heterocycles. The van der Waals surface area contributed by atoms with Crippen molar-refractivity contribution >= 4 is 10.8 Å². The summed E-state index contributed by atoms with van der Waals surface area (Å²) in [5, 5.41) is 0. The first-order chi connectivity index (χ1) is 7.04. The lowest BCUT2D eigenvalue weighted by molar-refractivity contribution is 0.486. The summed E-state index contributed by atoms with van der Waals surface area (Å²) in [7, 11) is -0.841. The van der Waals surface area contributed by atoms with Gasteiger partial charge in [-0.2, -0.15) is 0 Å². The Labute approximate surface area is 93.4 Å². The van der Waals surface area contributed by atoms with Crippen LogP contribution >= 0.6 is 0 Å². The molecule has 0 bridgehead atoms. The van der Waals surface area contributed by atoms with Crippen LogP contribution in [0.25, 0.3) is 0 Å². The largest absolute Gasteiger partial charge is 0.254 e. The number of fused-ring (bicyclic) bond motifs is 1. The molecule has 1 nitrogen and oxygen atoms in total. The van der Waals surface area contributed by atoms with Crippen molar-refractivity contribution in [3.8, 4) is 12.3 Å². The van der Waals surface area contributed by atoms with Gasteiger partial charge in [-0.25, -0.2) is 0 Å². The van der Waals surface area contributed by atoms with Gasteiger partial charge in [-0.1, -0.05) is 19.8 Å². The van der Waals surface area contributed by atoms with E-state index in [1.165, 1.54) is 0 Å². The molecule has 1 aromatic carbocycles. The van der Waals surface area contributed by atoms with Gasteiger partial charge < -0.3 is 0 Å². The molecule has 0 spiro atoms. The molecule has 1 atom stereocenters. The third kappa shape index (κ3) is 1.72. The second-order valence-electron chi connectivity index (χ2n) is 4.54. The number of benzene rings is 1. The van der Waals surface area contributed by atoms with Crippen LogP contribution in [0.15, 0.2) is 23.1 Å². The predicted octanol–water partition coefficient (Wildman–Crippen LogP) is 2.46. The number of hydrogen-bond donors (Lipinski definition) is 0. The molecule has 0 saturated heterocycles. The Hall–Kier alpha value is -1.07. The highest BCUT2D eigenvalue weighted by Gasteiger charge is 2.30. The van der Waals surface area contributed by atoms with E-state index in [4.69, 9.17) is 6.42 Å². The van der Waals surface area contributed by atoms with Crippen LogP contribution in [-0.4, -0.2) is 9.96 Å². The third-order valence-electron chi connectivity index (χ3n) is 3.03. The second kappa shape index (κ2) is 3.50. The van der Waals surface area contributed by atoms with Gasteiger partial charge in [0, 0.05) is 16.2 Å². The molecular formula is C13H14OS. The summed E-state index contributed by atoms with van der Waals surface area (Å²) >= 11 is 0. The molecule has 1 unspecified atom stereocenters. The van der Waals surface area contributed by atoms with E-state index >= 15 is 0 Å². The number of hydrogen-bond acceptors (Lipinski definition) is 1. The fraction of sp³-hybridized carbons (Fsp3) is 0.385. The maximum Gasteiger partial charge on any atom is 0.0532 e. The minimum atomic E-state index is -0.841. The quantitative estimate of drug-likeness (QED) is 0.611. The van der Waals surface area contributed by atoms with Crippen molar-refractivity contribution in [2.24, 2.45) is 0 Å². The highest BCUT2D eigenvalue weighted by molar-refractivity contribution is 7.85. The lowest BCUT2D eigenvalue weighted by Gasteiger charge is -2.31. The molecule has 0 fully saturated rings. The van der Waals surface area contributed by atoms with Crippen molar-refractivity contribution < 1.29 is 4.21 Å². The zero-order chi connectivity index (χ0) is 11.1. The van der Waals surface area contributed by atoms with Gasteiger partial charge in [0.25, 0.3) is 0 Å². The maximum absolute atomic E-state index is 11.8. The molecule has 0 aromatic heterocycles. The molecule has 0 amide bonds. The van der Waals surface area contributed by atoms with Gasteiger partial charge in [0.05, 0.1) is 10.8 Å². The van der Waals surface area contributed by atoms with Crippen LogP contribution in [-0.2, 0) is 16.2 Å². The fourth-order valence-electron chi connectivity index (χ4n) is 1.94. The van der Waals surface area contributed by atoms with Crippen LogP contribution < -0.4 is 0 Å². The highest BCUT2D eigenvalue weighted by atomic mass is 32.2. The summed E-state index contributed by atoms with van der Waals surface area (Å²) in [4.78, 5) is 0.963. The minimum Gasteiger partial charge on any atom is -0.254 e. The van der Waals surface area contributed by atoms with Crippen molar-refractivity contribution in [2.45, 2.75) is 30.6 Å². The van der Waals surface area contributed by atoms with E-state index in [0.29, 0.717) is 0 Å². The van der Waals surface area contributed by atoms with Gasteiger partial charge >= 0.3 is 0 Å². The molecule has 2 rings (SSSR count). The summed E-state index contributed by atoms with van der Waals surface area (Å²) in [6.07, 6.45) is 6.34. The van der Waals surface area contributed by atoms with Crippen LogP contribution in [0.1, 0.15) is 31.4 Å². The predicted molar refractivity (Wildman–Crippen MR) is 63.3 cm³/mol. The lowest BCUT2D eigenvalue weighted by Crippen LogP contribution is -2.27. The van der Waals surface area contributed by atoms with Gasteiger partial charge in [-0.3, -0.25) is 4.21 Å². The fourth-order valence-corrected chi connectivity index (χ4v) is 3.66. The standard InChI is InChI=1S/C13H14OS/c1-4-10-5-6-12-11(9-10)13(2,3)7-8-15(12)14/h1,5-6,9H,7-8H2,2-3H3. The number of rotatable bonds is 0. The average molecular weight is 218 g/mol.